The molecule has 23 heavy (non-hydrogen) atoms. The number of hydrogen-bond acceptors (Lipinski definition) is 3. The molecule has 7 heteroatoms. The Bertz CT molecular complexity index is 818. The van der Waals surface area contributed by atoms with Crippen LogP contribution in [0, 0.1) is 5.92 Å². The summed E-state index contributed by atoms with van der Waals surface area (Å²) in [4.78, 5) is 40.2. The lowest BCUT2D eigenvalue weighted by molar-refractivity contribution is -0.122. The summed E-state index contributed by atoms with van der Waals surface area (Å²) in [6, 6.07) is 10.5. The van der Waals surface area contributed by atoms with Crippen LogP contribution in [0.3, 0.4) is 0 Å². The van der Waals surface area contributed by atoms with Crippen molar-refractivity contribution < 1.29 is 9.59 Å². The van der Waals surface area contributed by atoms with Crippen molar-refractivity contribution in [3.05, 3.63) is 57.4 Å². The minimum absolute atomic E-state index is 0.112. The van der Waals surface area contributed by atoms with Crippen LogP contribution in [0.2, 0.25) is 0 Å². The number of carbonyl (C=O) groups is 2. The molecule has 0 bridgehead atoms. The van der Waals surface area contributed by atoms with Crippen molar-refractivity contribution in [3.8, 4) is 0 Å². The van der Waals surface area contributed by atoms with Gasteiger partial charge in [0.25, 0.3) is 5.56 Å². The maximum absolute atomic E-state index is 12.3. The topological polar surface area (TPSA) is 82.3 Å². The highest BCUT2D eigenvalue weighted by Gasteiger charge is 2.35. The largest absolute Gasteiger partial charge is 0.327 e. The number of carbonyl (C=O) groups excluding carboxylic acids is 2. The second-order valence-corrected chi connectivity index (χ2v) is 6.11. The fourth-order valence-corrected chi connectivity index (χ4v) is 3.04. The van der Waals surface area contributed by atoms with Crippen molar-refractivity contribution in [2.45, 2.75) is 6.42 Å². The number of amides is 2. The zero-order chi connectivity index (χ0) is 16.4. The number of rotatable bonds is 3. The number of nitrogens with one attached hydrogen (secondary N) is 2. The molecule has 1 saturated heterocycles. The summed E-state index contributed by atoms with van der Waals surface area (Å²) >= 11 is 3.41. The van der Waals surface area contributed by atoms with Crippen LogP contribution in [0.5, 0.6) is 0 Å². The first-order chi connectivity index (χ1) is 11.1. The molecule has 6 nitrogen and oxygen atoms in total. The van der Waals surface area contributed by atoms with E-state index in [1.54, 1.807) is 11.0 Å². The Morgan fingerprint density at radius 3 is 2.74 bits per heavy atom. The molecule has 0 saturated carbocycles. The molecular weight excluding hydrogens is 362 g/mol. The first kappa shape index (κ1) is 15.5. The number of halogens is 1. The number of pyridine rings is 1. The highest BCUT2D eigenvalue weighted by molar-refractivity contribution is 9.10. The Labute approximate surface area is 140 Å². The maximum atomic E-state index is 12.3. The molecule has 1 aromatic carbocycles. The number of hydrogen-bond donors (Lipinski definition) is 2. The van der Waals surface area contributed by atoms with E-state index in [4.69, 9.17) is 0 Å². The molecule has 0 spiro atoms. The van der Waals surface area contributed by atoms with E-state index in [-0.39, 0.29) is 36.0 Å². The molecule has 2 N–H and O–H groups in total. The monoisotopic (exact) mass is 375 g/mol. The van der Waals surface area contributed by atoms with Crippen molar-refractivity contribution in [1.82, 2.24) is 4.98 Å². The first-order valence-electron chi connectivity index (χ1n) is 7.09. The van der Waals surface area contributed by atoms with Crippen LogP contribution in [0.4, 0.5) is 11.4 Å². The van der Waals surface area contributed by atoms with Crippen molar-refractivity contribution in [1.29, 1.82) is 0 Å². The summed E-state index contributed by atoms with van der Waals surface area (Å²) in [5.41, 5.74) is 0.558. The number of nitrogens with zero attached hydrogens (tertiary/aromatic N) is 1. The number of anilines is 2. The summed E-state index contributed by atoms with van der Waals surface area (Å²) in [5, 5.41) is 2.59. The summed E-state index contributed by atoms with van der Waals surface area (Å²) in [7, 11) is 0. The first-order valence-corrected chi connectivity index (χ1v) is 7.89. The van der Waals surface area contributed by atoms with E-state index in [0.717, 1.165) is 10.2 Å². The highest BCUT2D eigenvalue weighted by Crippen LogP contribution is 2.31. The van der Waals surface area contributed by atoms with Crippen molar-refractivity contribution in [2.75, 3.05) is 16.8 Å². The van der Waals surface area contributed by atoms with Crippen LogP contribution >= 0.6 is 15.9 Å². The Hall–Kier alpha value is -2.41. The zero-order valence-corrected chi connectivity index (χ0v) is 13.7. The third-order valence-corrected chi connectivity index (χ3v) is 4.39. The van der Waals surface area contributed by atoms with Gasteiger partial charge in [-0.2, -0.15) is 0 Å². The third-order valence-electron chi connectivity index (χ3n) is 3.72. The Kier molecular flexibility index (Phi) is 4.29. The molecule has 1 fully saturated rings. The Morgan fingerprint density at radius 1 is 1.22 bits per heavy atom. The molecule has 1 atom stereocenters. The number of H-pyrrole nitrogens is 1. The van der Waals surface area contributed by atoms with Gasteiger partial charge >= 0.3 is 0 Å². The quantitative estimate of drug-likeness (QED) is 0.861. The van der Waals surface area contributed by atoms with Gasteiger partial charge in [0.2, 0.25) is 11.8 Å². The van der Waals surface area contributed by atoms with Crippen LogP contribution in [-0.2, 0) is 9.59 Å². The molecule has 1 aromatic heterocycles. The van der Waals surface area contributed by atoms with Gasteiger partial charge in [-0.25, -0.2) is 0 Å². The summed E-state index contributed by atoms with van der Waals surface area (Å²) in [6.45, 7) is 0.290. The third kappa shape index (κ3) is 3.19. The van der Waals surface area contributed by atoms with E-state index < -0.39 is 5.92 Å². The van der Waals surface area contributed by atoms with Crippen LogP contribution in [-0.4, -0.2) is 23.3 Å². The standard InChI is InChI=1S/C16H14BrN3O3/c17-11-4-1-2-6-13(11)20-9-10(8-14(20)21)15(22)19-12-5-3-7-18-16(12)23/h1-7,10H,8-9H2,(H,18,23)(H,19,22). The normalized spacial score (nSPS) is 17.3. The van der Waals surface area contributed by atoms with E-state index in [9.17, 15) is 14.4 Å². The summed E-state index contributed by atoms with van der Waals surface area (Å²) < 4.78 is 0.800. The lowest BCUT2D eigenvalue weighted by Crippen LogP contribution is -2.29. The van der Waals surface area contributed by atoms with Gasteiger partial charge < -0.3 is 15.2 Å². The molecule has 118 valence electrons. The second-order valence-electron chi connectivity index (χ2n) is 5.26. The van der Waals surface area contributed by atoms with Gasteiger partial charge in [-0.05, 0) is 40.2 Å². The molecule has 2 aromatic rings. The number of benzene rings is 1. The second kappa shape index (κ2) is 6.37. The minimum Gasteiger partial charge on any atom is -0.327 e. The molecule has 2 heterocycles. The van der Waals surface area contributed by atoms with Crippen LogP contribution in [0.15, 0.2) is 51.9 Å². The number of aromatic nitrogens is 1. The van der Waals surface area contributed by atoms with E-state index in [2.05, 4.69) is 26.2 Å². The molecule has 0 radical (unpaired) electrons. The Morgan fingerprint density at radius 2 is 2.00 bits per heavy atom. The predicted octanol–water partition coefficient (Wildman–Crippen LogP) is 2.13. The molecule has 1 aliphatic heterocycles. The zero-order valence-electron chi connectivity index (χ0n) is 12.1. The summed E-state index contributed by atoms with van der Waals surface area (Å²) in [6.07, 6.45) is 1.61. The lowest BCUT2D eigenvalue weighted by Gasteiger charge is -2.18. The highest BCUT2D eigenvalue weighted by atomic mass is 79.9. The Balaban J connectivity index is 1.75. The van der Waals surface area contributed by atoms with E-state index >= 15 is 0 Å². The molecule has 3 rings (SSSR count). The van der Waals surface area contributed by atoms with Gasteiger partial charge in [-0.3, -0.25) is 14.4 Å². The van der Waals surface area contributed by atoms with Gasteiger partial charge in [0.05, 0.1) is 11.6 Å². The van der Waals surface area contributed by atoms with Gasteiger partial charge in [-0.15, -0.1) is 0 Å². The number of para-hydroxylation sites is 1. The lowest BCUT2D eigenvalue weighted by atomic mass is 10.1. The van der Waals surface area contributed by atoms with Crippen LogP contribution < -0.4 is 15.8 Å². The predicted molar refractivity (Wildman–Crippen MR) is 90.3 cm³/mol. The van der Waals surface area contributed by atoms with Gasteiger partial charge in [0.15, 0.2) is 0 Å². The van der Waals surface area contributed by atoms with Crippen LogP contribution in [0.25, 0.3) is 0 Å². The van der Waals surface area contributed by atoms with E-state index in [1.165, 1.54) is 12.3 Å². The molecule has 1 unspecified atom stereocenters. The maximum Gasteiger partial charge on any atom is 0.271 e. The number of aromatic amines is 1. The molecule has 2 amide bonds. The minimum atomic E-state index is -0.491. The van der Waals surface area contributed by atoms with Gasteiger partial charge in [-0.1, -0.05) is 12.1 Å². The van der Waals surface area contributed by atoms with Crippen molar-refractivity contribution >= 4 is 39.1 Å². The summed E-state index contributed by atoms with van der Waals surface area (Å²) in [5.74, 6) is -0.933. The fourth-order valence-electron chi connectivity index (χ4n) is 2.54. The average Bonchev–Trinajstić information content (AvgIpc) is 2.92. The molecule has 0 aliphatic carbocycles. The van der Waals surface area contributed by atoms with Crippen molar-refractivity contribution in [2.24, 2.45) is 5.92 Å². The van der Waals surface area contributed by atoms with Crippen molar-refractivity contribution in [3.63, 3.8) is 0 Å². The molecule has 1 aliphatic rings. The smallest absolute Gasteiger partial charge is 0.271 e. The van der Waals surface area contributed by atoms with Gasteiger partial charge in [0, 0.05) is 23.6 Å². The fraction of sp³-hybridized carbons (Fsp3) is 0.188. The van der Waals surface area contributed by atoms with E-state index in [1.807, 2.05) is 24.3 Å². The molecular formula is C16H14BrN3O3. The SMILES string of the molecule is O=C(Nc1ccc[nH]c1=O)C1CC(=O)N(c2ccccc2Br)C1. The van der Waals surface area contributed by atoms with E-state index in [0.29, 0.717) is 0 Å². The van der Waals surface area contributed by atoms with Gasteiger partial charge in [0.1, 0.15) is 5.69 Å². The van der Waals surface area contributed by atoms with Crippen LogP contribution in [0.1, 0.15) is 6.42 Å². The average molecular weight is 376 g/mol.